The third kappa shape index (κ3) is 3.15. The van der Waals surface area contributed by atoms with Crippen molar-refractivity contribution in [3.05, 3.63) is 77.7 Å². The number of amides is 1. The molecule has 29 heavy (non-hydrogen) atoms. The summed E-state index contributed by atoms with van der Waals surface area (Å²) in [6, 6.07) is 13.9. The van der Waals surface area contributed by atoms with Crippen molar-refractivity contribution in [2.24, 2.45) is 0 Å². The van der Waals surface area contributed by atoms with E-state index in [1.807, 2.05) is 24.3 Å². The molecule has 0 aliphatic carbocycles. The molecule has 3 heterocycles. The number of anilines is 1. The lowest BCUT2D eigenvalue weighted by molar-refractivity contribution is -0.115. The summed E-state index contributed by atoms with van der Waals surface area (Å²) in [5.74, 6) is -0.514. The Hall–Kier alpha value is -3.58. The first-order valence-electron chi connectivity index (χ1n) is 8.83. The molecule has 2 aromatic heterocycles. The van der Waals surface area contributed by atoms with E-state index in [2.05, 4.69) is 20.4 Å². The largest absolute Gasteiger partial charge is 0.324 e. The highest BCUT2D eigenvalue weighted by atomic mass is 35.5. The molecular formula is C21H13ClFN5O. The quantitative estimate of drug-likeness (QED) is 0.552. The van der Waals surface area contributed by atoms with Crippen molar-refractivity contribution in [2.45, 2.75) is 6.42 Å². The molecule has 0 unspecified atom stereocenters. The second kappa shape index (κ2) is 6.79. The summed E-state index contributed by atoms with van der Waals surface area (Å²) in [6.45, 7) is 0. The van der Waals surface area contributed by atoms with Gasteiger partial charge in [-0.1, -0.05) is 35.9 Å². The van der Waals surface area contributed by atoms with Crippen LogP contribution in [-0.4, -0.2) is 25.7 Å². The van der Waals surface area contributed by atoms with Gasteiger partial charge in [-0.15, -0.1) is 0 Å². The van der Waals surface area contributed by atoms with E-state index < -0.39 is 0 Å². The van der Waals surface area contributed by atoms with Crippen LogP contribution in [0.2, 0.25) is 5.02 Å². The van der Waals surface area contributed by atoms with E-state index in [4.69, 9.17) is 11.6 Å². The molecule has 1 N–H and O–H groups in total. The first-order chi connectivity index (χ1) is 14.1. The SMILES string of the molecule is O=C1Cc2nc(-c3ccc(-c4ccc(-n5cncn5)cc4)c(F)c3)c(Cl)cc2N1. The molecule has 8 heteroatoms. The normalized spacial score (nSPS) is 12.7. The van der Waals surface area contributed by atoms with Crippen LogP contribution in [0.1, 0.15) is 5.69 Å². The van der Waals surface area contributed by atoms with Gasteiger partial charge in [-0.25, -0.2) is 19.0 Å². The third-order valence-corrected chi connectivity index (χ3v) is 5.05. The third-order valence-electron chi connectivity index (χ3n) is 4.76. The second-order valence-corrected chi connectivity index (χ2v) is 7.03. The van der Waals surface area contributed by atoms with Crippen LogP contribution in [0.5, 0.6) is 0 Å². The molecule has 0 bridgehead atoms. The predicted octanol–water partition coefficient (Wildman–Crippen LogP) is 4.28. The van der Waals surface area contributed by atoms with Crippen molar-refractivity contribution in [2.75, 3.05) is 5.32 Å². The average Bonchev–Trinajstić information content (AvgIpc) is 3.36. The van der Waals surface area contributed by atoms with Gasteiger partial charge in [0.1, 0.15) is 18.5 Å². The van der Waals surface area contributed by atoms with Crippen molar-refractivity contribution in [3.8, 4) is 28.1 Å². The number of fused-ring (bicyclic) bond motifs is 1. The highest BCUT2D eigenvalue weighted by Gasteiger charge is 2.22. The van der Waals surface area contributed by atoms with Crippen LogP contribution in [0.4, 0.5) is 10.1 Å². The lowest BCUT2D eigenvalue weighted by atomic mass is 10.0. The molecule has 4 aromatic rings. The van der Waals surface area contributed by atoms with E-state index in [-0.39, 0.29) is 18.1 Å². The molecule has 1 aliphatic rings. The van der Waals surface area contributed by atoms with Crippen LogP contribution in [-0.2, 0) is 11.2 Å². The number of hydrogen-bond donors (Lipinski definition) is 1. The highest BCUT2D eigenvalue weighted by Crippen LogP contribution is 2.34. The molecule has 0 atom stereocenters. The molecule has 0 fully saturated rings. The van der Waals surface area contributed by atoms with Crippen molar-refractivity contribution in [1.29, 1.82) is 0 Å². The Kier molecular flexibility index (Phi) is 4.10. The summed E-state index contributed by atoms with van der Waals surface area (Å²) in [5, 5.41) is 7.14. The van der Waals surface area contributed by atoms with Gasteiger partial charge >= 0.3 is 0 Å². The molecular weight excluding hydrogens is 393 g/mol. The Balaban J connectivity index is 1.48. The monoisotopic (exact) mass is 405 g/mol. The molecule has 0 radical (unpaired) electrons. The predicted molar refractivity (Wildman–Crippen MR) is 107 cm³/mol. The molecule has 142 valence electrons. The Morgan fingerprint density at radius 2 is 1.86 bits per heavy atom. The average molecular weight is 406 g/mol. The van der Waals surface area contributed by atoms with Gasteiger partial charge in [0.25, 0.3) is 0 Å². The Labute approximate surface area is 170 Å². The van der Waals surface area contributed by atoms with Gasteiger partial charge in [-0.05, 0) is 29.8 Å². The number of rotatable bonds is 3. The second-order valence-electron chi connectivity index (χ2n) is 6.62. The van der Waals surface area contributed by atoms with Gasteiger partial charge in [-0.3, -0.25) is 4.79 Å². The van der Waals surface area contributed by atoms with Crippen LogP contribution < -0.4 is 5.32 Å². The minimum absolute atomic E-state index is 0.128. The zero-order valence-corrected chi connectivity index (χ0v) is 15.7. The number of carbonyl (C=O) groups excluding carboxylic acids is 1. The summed E-state index contributed by atoms with van der Waals surface area (Å²) < 4.78 is 16.5. The zero-order valence-electron chi connectivity index (χ0n) is 14.9. The fourth-order valence-corrected chi connectivity index (χ4v) is 3.61. The molecule has 0 spiro atoms. The first kappa shape index (κ1) is 17.5. The summed E-state index contributed by atoms with van der Waals surface area (Å²) in [7, 11) is 0. The summed E-state index contributed by atoms with van der Waals surface area (Å²) >= 11 is 6.32. The number of aromatic nitrogens is 4. The van der Waals surface area contributed by atoms with Gasteiger partial charge in [0.2, 0.25) is 5.91 Å². The van der Waals surface area contributed by atoms with E-state index in [0.29, 0.717) is 33.2 Å². The Morgan fingerprint density at radius 1 is 1.07 bits per heavy atom. The van der Waals surface area contributed by atoms with Crippen LogP contribution in [0, 0.1) is 5.82 Å². The number of pyridine rings is 1. The minimum atomic E-state index is -0.386. The molecule has 2 aromatic carbocycles. The highest BCUT2D eigenvalue weighted by molar-refractivity contribution is 6.33. The van der Waals surface area contributed by atoms with Crippen molar-refractivity contribution in [1.82, 2.24) is 19.7 Å². The summed E-state index contributed by atoms with van der Waals surface area (Å²) in [4.78, 5) is 19.9. The maximum atomic E-state index is 14.9. The van der Waals surface area contributed by atoms with E-state index in [0.717, 1.165) is 11.3 Å². The number of carbonyl (C=O) groups is 1. The summed E-state index contributed by atoms with van der Waals surface area (Å²) in [5.41, 5.74) is 4.26. The Bertz CT molecular complexity index is 1240. The number of hydrogen-bond acceptors (Lipinski definition) is 4. The van der Waals surface area contributed by atoms with Gasteiger partial charge in [0.15, 0.2) is 0 Å². The lowest BCUT2D eigenvalue weighted by Gasteiger charge is -2.10. The van der Waals surface area contributed by atoms with Crippen molar-refractivity contribution < 1.29 is 9.18 Å². The lowest BCUT2D eigenvalue weighted by Crippen LogP contribution is -2.03. The number of halogens is 2. The maximum Gasteiger partial charge on any atom is 0.230 e. The van der Waals surface area contributed by atoms with Crippen LogP contribution in [0.25, 0.3) is 28.1 Å². The van der Waals surface area contributed by atoms with Crippen LogP contribution >= 0.6 is 11.6 Å². The fraction of sp³-hybridized carbons (Fsp3) is 0.0476. The molecule has 1 amide bonds. The van der Waals surface area contributed by atoms with Gasteiger partial charge in [0.05, 0.1) is 34.2 Å². The fourth-order valence-electron chi connectivity index (χ4n) is 3.35. The van der Waals surface area contributed by atoms with E-state index in [9.17, 15) is 9.18 Å². The molecule has 6 nitrogen and oxygen atoms in total. The molecule has 5 rings (SSSR count). The number of nitrogens with zero attached hydrogens (tertiary/aromatic N) is 4. The number of benzene rings is 2. The maximum absolute atomic E-state index is 14.9. The van der Waals surface area contributed by atoms with Gasteiger partial charge in [0, 0.05) is 11.1 Å². The van der Waals surface area contributed by atoms with E-state index in [1.165, 1.54) is 12.4 Å². The standard InChI is InChI=1S/C21H13ClFN5O/c22-16-8-18-19(9-20(29)26-18)27-21(16)13-3-6-15(17(23)7-13)12-1-4-14(5-2-12)28-11-24-10-25-28/h1-8,10-11H,9H2,(H,26,29). The molecule has 0 saturated carbocycles. The van der Waals surface area contributed by atoms with Crippen LogP contribution in [0.15, 0.2) is 61.2 Å². The van der Waals surface area contributed by atoms with Gasteiger partial charge < -0.3 is 5.32 Å². The summed E-state index contributed by atoms with van der Waals surface area (Å²) in [6.07, 6.45) is 3.25. The van der Waals surface area contributed by atoms with Crippen LogP contribution in [0.3, 0.4) is 0 Å². The Morgan fingerprint density at radius 3 is 2.59 bits per heavy atom. The zero-order chi connectivity index (χ0) is 20.0. The molecule has 1 aliphatic heterocycles. The topological polar surface area (TPSA) is 72.7 Å². The van der Waals surface area contributed by atoms with Crippen molar-refractivity contribution in [3.63, 3.8) is 0 Å². The first-order valence-corrected chi connectivity index (χ1v) is 9.21. The van der Waals surface area contributed by atoms with Gasteiger partial charge in [-0.2, -0.15) is 5.10 Å². The smallest absolute Gasteiger partial charge is 0.230 e. The number of nitrogens with one attached hydrogen (secondary N) is 1. The van der Waals surface area contributed by atoms with Crippen molar-refractivity contribution >= 4 is 23.2 Å². The van der Waals surface area contributed by atoms with E-state index >= 15 is 0 Å². The molecule has 0 saturated heterocycles. The minimum Gasteiger partial charge on any atom is -0.324 e. The van der Waals surface area contributed by atoms with E-state index in [1.54, 1.807) is 29.2 Å².